The minimum Gasteiger partial charge on any atom is -0.454 e. The molecule has 2 atom stereocenters. The van der Waals surface area contributed by atoms with Gasteiger partial charge in [-0.15, -0.1) is 0 Å². The van der Waals surface area contributed by atoms with E-state index in [0.717, 1.165) is 31.9 Å². The van der Waals surface area contributed by atoms with Crippen molar-refractivity contribution in [2.24, 2.45) is 5.92 Å². The van der Waals surface area contributed by atoms with Gasteiger partial charge in [0.15, 0.2) is 5.60 Å². The van der Waals surface area contributed by atoms with Crippen LogP contribution in [0.4, 0.5) is 0 Å². The summed E-state index contributed by atoms with van der Waals surface area (Å²) in [5, 5.41) is 18.9. The monoisotopic (exact) mass is 436 g/mol. The van der Waals surface area contributed by atoms with E-state index >= 15 is 0 Å². The minimum atomic E-state index is -3.73. The molecule has 0 aromatic heterocycles. The molecule has 1 saturated heterocycles. The molecule has 29 heavy (non-hydrogen) atoms. The van der Waals surface area contributed by atoms with Crippen LogP contribution >= 0.6 is 0 Å². The van der Waals surface area contributed by atoms with Crippen molar-refractivity contribution in [3.8, 4) is 0 Å². The molecule has 0 aromatic rings. The van der Waals surface area contributed by atoms with E-state index in [2.05, 4.69) is 6.92 Å². The molecule has 0 saturated carbocycles. The Morgan fingerprint density at radius 3 is 1.90 bits per heavy atom. The van der Waals surface area contributed by atoms with Crippen molar-refractivity contribution in [1.82, 2.24) is 0 Å². The van der Waals surface area contributed by atoms with Crippen molar-refractivity contribution in [2.45, 2.75) is 102 Å². The first kappa shape index (κ1) is 26.3. The molecule has 1 aliphatic heterocycles. The molecular formula is C21H40O7S. The van der Waals surface area contributed by atoms with Crippen LogP contribution in [-0.2, 0) is 23.8 Å². The number of ether oxygens (including phenoxy) is 1. The van der Waals surface area contributed by atoms with Crippen LogP contribution in [0.5, 0.6) is 0 Å². The summed E-state index contributed by atoms with van der Waals surface area (Å²) in [4.78, 5) is 12.2. The van der Waals surface area contributed by atoms with E-state index in [-0.39, 0.29) is 6.42 Å². The number of cyclic esters (lactones) is 1. The standard InChI is InChI=1S/C21H40O7S/c1-3-4-5-6-7-8-9-10-11-12-13-14-19(28-29(2,25)26)18-15-21(16-22,17-23)27-20(18)24/h18-19,22-23H,3-17H2,1-2H3. The van der Waals surface area contributed by atoms with Crippen LogP contribution < -0.4 is 0 Å². The van der Waals surface area contributed by atoms with Crippen LogP contribution in [-0.4, -0.2) is 55.8 Å². The zero-order valence-corrected chi connectivity index (χ0v) is 18.9. The smallest absolute Gasteiger partial charge is 0.312 e. The topological polar surface area (TPSA) is 110 Å². The number of carbonyl (C=O) groups is 1. The van der Waals surface area contributed by atoms with E-state index in [1.165, 1.54) is 44.9 Å². The molecule has 1 fully saturated rings. The zero-order chi connectivity index (χ0) is 21.8. The Labute approximate surface area is 176 Å². The van der Waals surface area contributed by atoms with E-state index in [0.29, 0.717) is 6.42 Å². The van der Waals surface area contributed by atoms with Gasteiger partial charge in [0.05, 0.1) is 31.5 Å². The Hall–Kier alpha value is -0.700. The van der Waals surface area contributed by atoms with E-state index < -0.39 is 46.9 Å². The predicted molar refractivity (Wildman–Crippen MR) is 112 cm³/mol. The average molecular weight is 437 g/mol. The first-order valence-corrected chi connectivity index (χ1v) is 12.9. The zero-order valence-electron chi connectivity index (χ0n) is 18.1. The SMILES string of the molecule is CCCCCCCCCCCCCC(OS(C)(=O)=O)C1CC(CO)(CO)OC1=O. The van der Waals surface area contributed by atoms with Crippen LogP contribution in [0.2, 0.25) is 0 Å². The highest BCUT2D eigenvalue weighted by molar-refractivity contribution is 7.86. The van der Waals surface area contributed by atoms with Gasteiger partial charge >= 0.3 is 5.97 Å². The summed E-state index contributed by atoms with van der Waals surface area (Å²) in [5.74, 6) is -1.42. The lowest BCUT2D eigenvalue weighted by Crippen LogP contribution is -2.37. The van der Waals surface area contributed by atoms with Crippen LogP contribution in [0.1, 0.15) is 90.4 Å². The number of rotatable bonds is 17. The third-order valence-electron chi connectivity index (χ3n) is 5.63. The number of unbranched alkanes of at least 4 members (excludes halogenated alkanes) is 10. The summed E-state index contributed by atoms with van der Waals surface area (Å²) in [6, 6.07) is 0. The minimum absolute atomic E-state index is 0.0526. The average Bonchev–Trinajstić information content (AvgIpc) is 3.01. The van der Waals surface area contributed by atoms with E-state index in [1.54, 1.807) is 0 Å². The number of carbonyl (C=O) groups excluding carboxylic acids is 1. The van der Waals surface area contributed by atoms with Crippen LogP contribution in [0.15, 0.2) is 0 Å². The molecule has 0 aromatic carbocycles. The first-order valence-electron chi connectivity index (χ1n) is 11.1. The molecule has 0 bridgehead atoms. The second-order valence-electron chi connectivity index (χ2n) is 8.39. The summed E-state index contributed by atoms with van der Waals surface area (Å²) < 4.78 is 33.6. The largest absolute Gasteiger partial charge is 0.454 e. The van der Waals surface area contributed by atoms with Gasteiger partial charge in [0.1, 0.15) is 0 Å². The van der Waals surface area contributed by atoms with Gasteiger partial charge < -0.3 is 14.9 Å². The summed E-state index contributed by atoms with van der Waals surface area (Å²) in [6.45, 7) is 1.21. The van der Waals surface area contributed by atoms with Crippen molar-refractivity contribution >= 4 is 16.1 Å². The third-order valence-corrected chi connectivity index (χ3v) is 6.22. The van der Waals surface area contributed by atoms with Crippen molar-refractivity contribution < 1.29 is 32.3 Å². The van der Waals surface area contributed by atoms with Crippen molar-refractivity contribution in [1.29, 1.82) is 0 Å². The van der Waals surface area contributed by atoms with Crippen LogP contribution in [0.25, 0.3) is 0 Å². The lowest BCUT2D eigenvalue weighted by molar-refractivity contribution is -0.158. The second-order valence-corrected chi connectivity index (χ2v) is 9.99. The lowest BCUT2D eigenvalue weighted by Gasteiger charge is -2.23. The van der Waals surface area contributed by atoms with Crippen LogP contribution in [0.3, 0.4) is 0 Å². The van der Waals surface area contributed by atoms with Gasteiger partial charge in [-0.1, -0.05) is 77.6 Å². The van der Waals surface area contributed by atoms with Crippen molar-refractivity contribution in [3.05, 3.63) is 0 Å². The van der Waals surface area contributed by atoms with E-state index in [9.17, 15) is 23.4 Å². The predicted octanol–water partition coefficient (Wildman–Crippen LogP) is 3.32. The number of hydrogen-bond acceptors (Lipinski definition) is 7. The van der Waals surface area contributed by atoms with Gasteiger partial charge in [0, 0.05) is 6.42 Å². The fourth-order valence-corrected chi connectivity index (χ4v) is 4.57. The quantitative estimate of drug-likeness (QED) is 0.204. The Bertz CT molecular complexity index is 557. The fourth-order valence-electron chi connectivity index (χ4n) is 3.89. The lowest BCUT2D eigenvalue weighted by atomic mass is 9.89. The molecule has 0 amide bonds. The molecule has 7 nitrogen and oxygen atoms in total. The fraction of sp³-hybridized carbons (Fsp3) is 0.952. The normalized spacial score (nSPS) is 20.0. The van der Waals surface area contributed by atoms with E-state index in [1.807, 2.05) is 0 Å². The second kappa shape index (κ2) is 13.6. The summed E-state index contributed by atoms with van der Waals surface area (Å²) in [6.07, 6.45) is 13.6. The van der Waals surface area contributed by atoms with Crippen molar-refractivity contribution in [2.75, 3.05) is 19.5 Å². The Morgan fingerprint density at radius 2 is 1.48 bits per heavy atom. The van der Waals surface area contributed by atoms with E-state index in [4.69, 9.17) is 8.92 Å². The molecule has 2 N–H and O–H groups in total. The molecule has 0 radical (unpaired) electrons. The molecule has 1 heterocycles. The summed E-state index contributed by atoms with van der Waals surface area (Å²) >= 11 is 0. The molecule has 8 heteroatoms. The number of aliphatic hydroxyl groups is 2. The highest BCUT2D eigenvalue weighted by Gasteiger charge is 2.50. The maximum atomic E-state index is 12.2. The summed E-state index contributed by atoms with van der Waals surface area (Å²) in [5.41, 5.74) is -1.35. The molecule has 0 aliphatic carbocycles. The Kier molecular flexibility index (Phi) is 12.3. The van der Waals surface area contributed by atoms with Gasteiger partial charge in [0.2, 0.25) is 0 Å². The van der Waals surface area contributed by atoms with Gasteiger partial charge in [-0.3, -0.25) is 8.98 Å². The molecule has 1 aliphatic rings. The van der Waals surface area contributed by atoms with Gasteiger partial charge in [-0.25, -0.2) is 0 Å². The highest BCUT2D eigenvalue weighted by Crippen LogP contribution is 2.36. The number of esters is 1. The summed E-state index contributed by atoms with van der Waals surface area (Å²) in [7, 11) is -3.73. The van der Waals surface area contributed by atoms with Gasteiger partial charge in [-0.2, -0.15) is 8.42 Å². The Balaban J connectivity index is 2.37. The molecule has 1 rings (SSSR count). The molecule has 172 valence electrons. The molecule has 2 unspecified atom stereocenters. The molecule has 0 spiro atoms. The van der Waals surface area contributed by atoms with Gasteiger partial charge in [-0.05, 0) is 6.42 Å². The molecular weight excluding hydrogens is 396 g/mol. The van der Waals surface area contributed by atoms with Crippen LogP contribution in [0, 0.1) is 5.92 Å². The maximum Gasteiger partial charge on any atom is 0.312 e. The Morgan fingerprint density at radius 1 is 1.00 bits per heavy atom. The number of hydrogen-bond donors (Lipinski definition) is 2. The van der Waals surface area contributed by atoms with Crippen molar-refractivity contribution in [3.63, 3.8) is 0 Å². The maximum absolute atomic E-state index is 12.2. The highest BCUT2D eigenvalue weighted by atomic mass is 32.2. The van der Waals surface area contributed by atoms with Gasteiger partial charge in [0.25, 0.3) is 10.1 Å². The number of aliphatic hydroxyl groups excluding tert-OH is 2. The third kappa shape index (κ3) is 10.2. The first-order chi connectivity index (χ1) is 13.8.